The molecule has 7 rings (SSSR count). The molecule has 0 N–H and O–H groups in total. The molecule has 1 aliphatic carbocycles. The Bertz CT molecular complexity index is 1840. The first kappa shape index (κ1) is 24.4. The van der Waals surface area contributed by atoms with Gasteiger partial charge in [0, 0.05) is 42.0 Å². The Labute approximate surface area is 255 Å². The van der Waals surface area contributed by atoms with Crippen LogP contribution in [0.3, 0.4) is 0 Å². The molecule has 3 aromatic carbocycles. The number of hydrogen-bond donors (Lipinski definition) is 0. The number of pyridine rings is 2. The molecule has 1 aliphatic rings. The Balaban J connectivity index is 0.000000188. The molecule has 0 atom stereocenters. The Hall–Kier alpha value is -3.37. The molecular formula is C35H32IrN2OSi-2. The van der Waals surface area contributed by atoms with Gasteiger partial charge in [-0.15, -0.1) is 54.1 Å². The standard InChI is InChI=1S/C23H22NOSi.C12H10N.Ir/c1-26(2,3)21-9-5-7-18-17-6-4-8-19(22(17)25-23(18)21)20-13-12-16(14-24-20)15-10-11-15;1-10-7-8-12(13-9-10)11-5-3-2-4-6-11;/h4-7,9,12-15H,10-11H2,1-3H3;2-5,7-9H,1H3;/q2*-1;/i;1D3;. The van der Waals surface area contributed by atoms with E-state index >= 15 is 0 Å². The molecule has 0 saturated heterocycles. The maximum Gasteiger partial charge on any atom is 0.120 e. The predicted molar refractivity (Wildman–Crippen MR) is 164 cm³/mol. The molecule has 5 heteroatoms. The van der Waals surface area contributed by atoms with Crippen molar-refractivity contribution in [3.05, 3.63) is 115 Å². The molecule has 1 radical (unpaired) electrons. The molecule has 0 amide bonds. The van der Waals surface area contributed by atoms with E-state index in [4.69, 9.17) is 13.5 Å². The van der Waals surface area contributed by atoms with Gasteiger partial charge in [-0.05, 0) is 53.3 Å². The minimum absolute atomic E-state index is 0. The van der Waals surface area contributed by atoms with Crippen molar-refractivity contribution >= 4 is 35.2 Å². The second kappa shape index (κ2) is 11.6. The molecule has 203 valence electrons. The number of para-hydroxylation sites is 1. The molecule has 3 heterocycles. The number of nitrogens with zero attached hydrogens (tertiary/aromatic N) is 2. The zero-order valence-corrected chi connectivity index (χ0v) is 26.2. The van der Waals surface area contributed by atoms with Crippen molar-refractivity contribution in [2.75, 3.05) is 0 Å². The van der Waals surface area contributed by atoms with Gasteiger partial charge in [-0.1, -0.05) is 73.1 Å². The van der Waals surface area contributed by atoms with Crippen molar-refractivity contribution in [2.24, 2.45) is 0 Å². The Morgan fingerprint density at radius 3 is 2.25 bits per heavy atom. The van der Waals surface area contributed by atoms with E-state index in [-0.39, 0.29) is 25.7 Å². The van der Waals surface area contributed by atoms with E-state index in [1.165, 1.54) is 35.2 Å². The Morgan fingerprint density at radius 2 is 1.60 bits per heavy atom. The van der Waals surface area contributed by atoms with E-state index in [1.54, 1.807) is 18.2 Å². The molecule has 1 fully saturated rings. The van der Waals surface area contributed by atoms with Gasteiger partial charge in [0.15, 0.2) is 0 Å². The fraction of sp³-hybridized carbons (Fsp3) is 0.200. The largest absolute Gasteiger partial charge is 0.501 e. The molecular weight excluding hydrogens is 685 g/mol. The molecule has 3 nitrogen and oxygen atoms in total. The van der Waals surface area contributed by atoms with Crippen molar-refractivity contribution in [3.8, 4) is 22.5 Å². The van der Waals surface area contributed by atoms with Gasteiger partial charge in [0.25, 0.3) is 0 Å². The van der Waals surface area contributed by atoms with E-state index < -0.39 is 14.9 Å². The fourth-order valence-electron chi connectivity index (χ4n) is 4.86. The number of furan rings is 1. The third-order valence-electron chi connectivity index (χ3n) is 7.11. The average Bonchev–Trinajstić information content (AvgIpc) is 3.77. The number of fused-ring (bicyclic) bond motifs is 3. The number of rotatable bonds is 4. The summed E-state index contributed by atoms with van der Waals surface area (Å²) in [6, 6.07) is 32.1. The molecule has 0 unspecified atom stereocenters. The third-order valence-corrected chi connectivity index (χ3v) is 9.12. The molecule has 40 heavy (non-hydrogen) atoms. The summed E-state index contributed by atoms with van der Waals surface area (Å²) in [6.07, 6.45) is 6.01. The molecule has 0 aliphatic heterocycles. The quantitative estimate of drug-likeness (QED) is 0.135. The first-order valence-corrected chi connectivity index (χ1v) is 16.9. The van der Waals surface area contributed by atoms with Crippen LogP contribution < -0.4 is 5.19 Å². The molecule has 0 bridgehead atoms. The van der Waals surface area contributed by atoms with Crippen LogP contribution in [0.2, 0.25) is 19.6 Å². The minimum Gasteiger partial charge on any atom is -0.501 e. The predicted octanol–water partition coefficient (Wildman–Crippen LogP) is 8.73. The normalized spacial score (nSPS) is 14.4. The van der Waals surface area contributed by atoms with Crippen molar-refractivity contribution in [3.63, 3.8) is 0 Å². The van der Waals surface area contributed by atoms with Crippen molar-refractivity contribution < 1.29 is 28.6 Å². The zero-order valence-electron chi connectivity index (χ0n) is 25.8. The summed E-state index contributed by atoms with van der Waals surface area (Å²) < 4.78 is 28.1. The van der Waals surface area contributed by atoms with Crippen LogP contribution in [-0.2, 0) is 20.1 Å². The van der Waals surface area contributed by atoms with Gasteiger partial charge < -0.3 is 14.4 Å². The van der Waals surface area contributed by atoms with Gasteiger partial charge in [-0.25, -0.2) is 0 Å². The molecule has 3 aromatic heterocycles. The number of aromatic nitrogens is 2. The fourth-order valence-corrected chi connectivity index (χ4v) is 6.32. The van der Waals surface area contributed by atoms with Crippen LogP contribution in [0, 0.1) is 19.0 Å². The van der Waals surface area contributed by atoms with E-state index in [0.29, 0.717) is 0 Å². The Kier molecular flexibility index (Phi) is 7.10. The van der Waals surface area contributed by atoms with Crippen LogP contribution in [0.5, 0.6) is 0 Å². The van der Waals surface area contributed by atoms with Gasteiger partial charge >= 0.3 is 0 Å². The zero-order chi connectivity index (χ0) is 29.5. The van der Waals surface area contributed by atoms with Gasteiger partial charge in [-0.2, -0.15) is 0 Å². The monoisotopic (exact) mass is 720 g/mol. The summed E-state index contributed by atoms with van der Waals surface area (Å²) in [5.41, 5.74) is 7.04. The first-order chi connectivity index (χ1) is 20.1. The van der Waals surface area contributed by atoms with Crippen molar-refractivity contribution in [1.29, 1.82) is 0 Å². The minimum atomic E-state index is -2.09. The Morgan fingerprint density at radius 1 is 0.800 bits per heavy atom. The summed E-state index contributed by atoms with van der Waals surface area (Å²) in [6.45, 7) is 4.99. The topological polar surface area (TPSA) is 38.9 Å². The van der Waals surface area contributed by atoms with Gasteiger partial charge in [-0.3, -0.25) is 0 Å². The summed E-state index contributed by atoms with van der Waals surface area (Å²) in [4.78, 5) is 8.84. The van der Waals surface area contributed by atoms with Gasteiger partial charge in [0.1, 0.15) is 5.58 Å². The summed E-state index contributed by atoms with van der Waals surface area (Å²) >= 11 is 0. The molecule has 1 saturated carbocycles. The van der Waals surface area contributed by atoms with Crippen molar-refractivity contribution in [2.45, 2.75) is 45.3 Å². The van der Waals surface area contributed by atoms with Crippen LogP contribution in [0.25, 0.3) is 44.5 Å². The smallest absolute Gasteiger partial charge is 0.120 e. The van der Waals surface area contributed by atoms with Gasteiger partial charge in [0.2, 0.25) is 0 Å². The van der Waals surface area contributed by atoms with E-state index in [2.05, 4.69) is 73.2 Å². The average molecular weight is 720 g/mol. The number of hydrogen-bond acceptors (Lipinski definition) is 3. The van der Waals surface area contributed by atoms with Crippen LogP contribution >= 0.6 is 0 Å². The van der Waals surface area contributed by atoms with Gasteiger partial charge in [0.05, 0.1) is 13.7 Å². The number of aryl methyl sites for hydroxylation is 1. The summed E-state index contributed by atoms with van der Waals surface area (Å²) in [5.74, 6) is 0.724. The maximum absolute atomic E-state index is 7.23. The van der Waals surface area contributed by atoms with Crippen molar-refractivity contribution in [1.82, 2.24) is 9.97 Å². The number of benzene rings is 3. The summed E-state index contributed by atoms with van der Waals surface area (Å²) in [7, 11) is -1.49. The SMILES string of the molecule is C[Si](C)(C)c1cccc2c1oc1c(-c3ccc(C4CC4)cn3)[c-]ccc12.[2H]C([2H])([2H])c1ccc(-c2[c-]cccc2)nc1.[Ir]. The molecule has 6 aromatic rings. The van der Waals surface area contributed by atoms with Crippen LogP contribution in [0.15, 0.2) is 95.7 Å². The van der Waals surface area contributed by atoms with E-state index in [1.807, 2.05) is 30.5 Å². The van der Waals surface area contributed by atoms with Crippen LogP contribution in [0.4, 0.5) is 0 Å². The third kappa shape index (κ3) is 5.88. The maximum atomic E-state index is 7.23. The first-order valence-electron chi connectivity index (χ1n) is 14.9. The molecule has 0 spiro atoms. The second-order valence-corrected chi connectivity index (χ2v) is 16.1. The van der Waals surface area contributed by atoms with E-state index in [0.717, 1.165) is 45.0 Å². The summed E-state index contributed by atoms with van der Waals surface area (Å²) in [5, 5.41) is 3.72. The van der Waals surface area contributed by atoms with Crippen LogP contribution in [-0.4, -0.2) is 18.0 Å². The van der Waals surface area contributed by atoms with Crippen LogP contribution in [0.1, 0.15) is 34.0 Å². The second-order valence-electron chi connectivity index (χ2n) is 11.1. The van der Waals surface area contributed by atoms with E-state index in [9.17, 15) is 0 Å².